The summed E-state index contributed by atoms with van der Waals surface area (Å²) >= 11 is 0. The summed E-state index contributed by atoms with van der Waals surface area (Å²) in [5, 5.41) is 16.1. The molecule has 0 spiro atoms. The van der Waals surface area contributed by atoms with Crippen LogP contribution >= 0.6 is 0 Å². The maximum absolute atomic E-state index is 11.5. The van der Waals surface area contributed by atoms with Crippen molar-refractivity contribution < 1.29 is 4.79 Å². The van der Waals surface area contributed by atoms with E-state index in [1.165, 1.54) is 25.7 Å². The summed E-state index contributed by atoms with van der Waals surface area (Å²) in [6, 6.07) is 0. The Morgan fingerprint density at radius 1 is 1.47 bits per heavy atom. The van der Waals surface area contributed by atoms with Gasteiger partial charge >= 0.3 is 0 Å². The predicted octanol–water partition coefficient (Wildman–Crippen LogP) is 0.396. The van der Waals surface area contributed by atoms with Crippen LogP contribution in [0.2, 0.25) is 0 Å². The number of tetrazole rings is 1. The highest BCUT2D eigenvalue weighted by molar-refractivity contribution is 5.76. The van der Waals surface area contributed by atoms with E-state index < -0.39 is 0 Å². The predicted molar refractivity (Wildman–Crippen MR) is 52.6 cm³/mol. The Labute approximate surface area is 87.8 Å². The van der Waals surface area contributed by atoms with E-state index in [9.17, 15) is 4.79 Å². The van der Waals surface area contributed by atoms with E-state index in [0.29, 0.717) is 24.7 Å². The van der Waals surface area contributed by atoms with Gasteiger partial charge in [0.2, 0.25) is 5.91 Å². The van der Waals surface area contributed by atoms with Crippen LogP contribution in [0.5, 0.6) is 0 Å². The third-order valence-electron chi connectivity index (χ3n) is 2.78. The van der Waals surface area contributed by atoms with Crippen molar-refractivity contribution in [2.45, 2.75) is 38.6 Å². The first-order valence-electron chi connectivity index (χ1n) is 5.33. The lowest BCUT2D eigenvalue weighted by molar-refractivity contribution is -0.122. The van der Waals surface area contributed by atoms with Crippen molar-refractivity contribution in [1.29, 1.82) is 0 Å². The van der Waals surface area contributed by atoms with Gasteiger partial charge in [-0.05, 0) is 18.8 Å². The molecule has 0 saturated heterocycles. The molecule has 1 aromatic heterocycles. The van der Waals surface area contributed by atoms with Gasteiger partial charge in [0, 0.05) is 6.42 Å². The highest BCUT2D eigenvalue weighted by Crippen LogP contribution is 2.27. The third kappa shape index (κ3) is 3.00. The van der Waals surface area contributed by atoms with Crippen LogP contribution < -0.4 is 5.32 Å². The monoisotopic (exact) mass is 209 g/mol. The molecule has 2 rings (SSSR count). The lowest BCUT2D eigenvalue weighted by atomic mass is 10.0. The number of amides is 1. The van der Waals surface area contributed by atoms with E-state index in [1.54, 1.807) is 0 Å². The summed E-state index contributed by atoms with van der Waals surface area (Å²) in [5.41, 5.74) is 0. The number of H-pyrrole nitrogens is 1. The van der Waals surface area contributed by atoms with Gasteiger partial charge in [-0.3, -0.25) is 4.79 Å². The summed E-state index contributed by atoms with van der Waals surface area (Å²) in [6.07, 6.45) is 5.55. The molecule has 1 heterocycles. The van der Waals surface area contributed by atoms with Crippen LogP contribution in [0.4, 0.5) is 0 Å². The second-order valence-corrected chi connectivity index (χ2v) is 3.96. The van der Waals surface area contributed by atoms with Crippen LogP contribution in [0.3, 0.4) is 0 Å². The molecule has 6 heteroatoms. The van der Waals surface area contributed by atoms with Crippen LogP contribution in [-0.4, -0.2) is 26.5 Å². The van der Waals surface area contributed by atoms with Crippen molar-refractivity contribution in [2.75, 3.05) is 0 Å². The molecule has 1 amide bonds. The minimum Gasteiger partial charge on any atom is -0.349 e. The highest BCUT2D eigenvalue weighted by atomic mass is 16.1. The van der Waals surface area contributed by atoms with Gasteiger partial charge in [-0.1, -0.05) is 18.1 Å². The molecule has 0 atom stereocenters. The minimum atomic E-state index is 0.0895. The van der Waals surface area contributed by atoms with Crippen molar-refractivity contribution in [3.63, 3.8) is 0 Å². The van der Waals surface area contributed by atoms with Crippen LogP contribution in [0.25, 0.3) is 0 Å². The van der Waals surface area contributed by atoms with Gasteiger partial charge in [0.15, 0.2) is 5.82 Å². The van der Waals surface area contributed by atoms with Gasteiger partial charge in [0.05, 0.1) is 6.54 Å². The number of hydrogen-bond acceptors (Lipinski definition) is 4. The molecule has 0 radical (unpaired) electrons. The largest absolute Gasteiger partial charge is 0.349 e. The van der Waals surface area contributed by atoms with Crippen LogP contribution in [0.1, 0.15) is 37.9 Å². The zero-order valence-electron chi connectivity index (χ0n) is 8.57. The number of rotatable bonds is 4. The molecule has 15 heavy (non-hydrogen) atoms. The normalized spacial score (nSPS) is 16.8. The van der Waals surface area contributed by atoms with Gasteiger partial charge in [0.25, 0.3) is 0 Å². The number of nitrogens with one attached hydrogen (secondary N) is 2. The van der Waals surface area contributed by atoms with Crippen molar-refractivity contribution >= 4 is 5.91 Å². The van der Waals surface area contributed by atoms with Gasteiger partial charge < -0.3 is 5.32 Å². The molecule has 0 aliphatic heterocycles. The number of carbonyl (C=O) groups excluding carboxylic acids is 1. The first-order chi connectivity index (χ1) is 7.34. The van der Waals surface area contributed by atoms with E-state index in [1.807, 2.05) is 0 Å². The average molecular weight is 209 g/mol. The van der Waals surface area contributed by atoms with Gasteiger partial charge in [-0.25, -0.2) is 0 Å². The molecule has 0 bridgehead atoms. The lowest BCUT2D eigenvalue weighted by Gasteiger charge is -2.07. The maximum atomic E-state index is 11.5. The molecule has 1 saturated carbocycles. The minimum absolute atomic E-state index is 0.0895. The molecule has 1 fully saturated rings. The summed E-state index contributed by atoms with van der Waals surface area (Å²) in [4.78, 5) is 11.5. The number of aromatic nitrogens is 4. The summed E-state index contributed by atoms with van der Waals surface area (Å²) < 4.78 is 0. The van der Waals surface area contributed by atoms with Gasteiger partial charge in [-0.15, -0.1) is 10.2 Å². The SMILES string of the molecule is O=C(CC1CCCC1)NCc1nn[nH]n1. The fourth-order valence-electron chi connectivity index (χ4n) is 1.98. The molecule has 6 nitrogen and oxygen atoms in total. The molecule has 2 N–H and O–H groups in total. The number of hydrogen-bond donors (Lipinski definition) is 2. The van der Waals surface area contributed by atoms with Gasteiger partial charge in [-0.2, -0.15) is 5.21 Å². The smallest absolute Gasteiger partial charge is 0.220 e. The highest BCUT2D eigenvalue weighted by Gasteiger charge is 2.18. The molecular weight excluding hydrogens is 194 g/mol. The number of carbonyl (C=O) groups is 1. The van der Waals surface area contributed by atoms with Crippen molar-refractivity contribution in [3.05, 3.63) is 5.82 Å². The Morgan fingerprint density at radius 2 is 2.27 bits per heavy atom. The first kappa shape index (κ1) is 10.1. The van der Waals surface area contributed by atoms with Crippen LogP contribution in [0.15, 0.2) is 0 Å². The quantitative estimate of drug-likeness (QED) is 0.751. The zero-order chi connectivity index (χ0) is 10.5. The summed E-state index contributed by atoms with van der Waals surface area (Å²) in [6.45, 7) is 0.363. The second-order valence-electron chi connectivity index (χ2n) is 3.96. The topological polar surface area (TPSA) is 83.6 Å². The third-order valence-corrected chi connectivity index (χ3v) is 2.78. The van der Waals surface area contributed by atoms with E-state index in [2.05, 4.69) is 25.9 Å². The molecule has 82 valence electrons. The fraction of sp³-hybridized carbons (Fsp3) is 0.778. The van der Waals surface area contributed by atoms with Crippen LogP contribution in [-0.2, 0) is 11.3 Å². The second kappa shape index (κ2) is 4.86. The Hall–Kier alpha value is -1.46. The van der Waals surface area contributed by atoms with Crippen molar-refractivity contribution in [3.8, 4) is 0 Å². The first-order valence-corrected chi connectivity index (χ1v) is 5.33. The maximum Gasteiger partial charge on any atom is 0.220 e. The molecule has 1 aromatic rings. The lowest BCUT2D eigenvalue weighted by Crippen LogP contribution is -2.25. The Bertz CT molecular complexity index is 304. The van der Waals surface area contributed by atoms with Crippen molar-refractivity contribution in [1.82, 2.24) is 25.9 Å². The molecule has 1 aliphatic carbocycles. The Kier molecular flexibility index (Phi) is 3.26. The molecule has 0 aromatic carbocycles. The number of nitrogens with zero attached hydrogens (tertiary/aromatic N) is 3. The average Bonchev–Trinajstić information content (AvgIpc) is 2.86. The summed E-state index contributed by atoms with van der Waals surface area (Å²) in [5.74, 6) is 1.19. The zero-order valence-corrected chi connectivity index (χ0v) is 8.57. The number of aromatic amines is 1. The van der Waals surface area contributed by atoms with Gasteiger partial charge in [0.1, 0.15) is 0 Å². The van der Waals surface area contributed by atoms with E-state index in [0.717, 1.165) is 0 Å². The van der Waals surface area contributed by atoms with E-state index in [4.69, 9.17) is 0 Å². The summed E-state index contributed by atoms with van der Waals surface area (Å²) in [7, 11) is 0. The van der Waals surface area contributed by atoms with Crippen LogP contribution in [0, 0.1) is 5.92 Å². The fourth-order valence-corrected chi connectivity index (χ4v) is 1.98. The van der Waals surface area contributed by atoms with E-state index >= 15 is 0 Å². The van der Waals surface area contributed by atoms with E-state index in [-0.39, 0.29) is 5.91 Å². The Morgan fingerprint density at radius 3 is 2.93 bits per heavy atom. The Balaban J connectivity index is 1.68. The standard InChI is InChI=1S/C9H15N5O/c15-9(5-7-3-1-2-4-7)10-6-8-11-13-14-12-8/h7H,1-6H2,(H,10,15)(H,11,12,13,14). The molecular formula is C9H15N5O. The van der Waals surface area contributed by atoms with Crippen molar-refractivity contribution in [2.24, 2.45) is 5.92 Å². The molecule has 0 unspecified atom stereocenters. The molecule has 1 aliphatic rings.